The van der Waals surface area contributed by atoms with E-state index in [2.05, 4.69) is 21.9 Å². The number of rotatable bonds is 8. The number of benzene rings is 3. The number of halogens is 1. The molecule has 3 aromatic carbocycles. The van der Waals surface area contributed by atoms with Crippen molar-refractivity contribution in [3.63, 3.8) is 0 Å². The molecule has 0 aliphatic carbocycles. The Morgan fingerprint density at radius 1 is 0.906 bits per heavy atom. The Labute approximate surface area is 191 Å². The molecule has 32 heavy (non-hydrogen) atoms. The Morgan fingerprint density at radius 2 is 1.59 bits per heavy atom. The quantitative estimate of drug-likeness (QED) is 0.427. The van der Waals surface area contributed by atoms with Gasteiger partial charge in [0.2, 0.25) is 0 Å². The molecule has 3 aromatic rings. The number of carbonyl (C=O) groups excluding carboxylic acids is 2. The molecular weight excluding hydrogens is 450 g/mol. The van der Waals surface area contributed by atoms with Gasteiger partial charge in [0.15, 0.2) is 0 Å². The van der Waals surface area contributed by atoms with E-state index in [0.717, 1.165) is 0 Å². The van der Waals surface area contributed by atoms with Gasteiger partial charge in [-0.25, -0.2) is 8.42 Å². The van der Waals surface area contributed by atoms with Gasteiger partial charge < -0.3 is 10.6 Å². The van der Waals surface area contributed by atoms with Crippen LogP contribution in [0.4, 0.5) is 11.4 Å². The maximum absolute atomic E-state index is 12.9. The van der Waals surface area contributed by atoms with Gasteiger partial charge in [-0.15, -0.1) is 6.58 Å². The van der Waals surface area contributed by atoms with Crippen molar-refractivity contribution in [3.8, 4) is 0 Å². The average Bonchev–Trinajstić information content (AvgIpc) is 2.79. The number of sulfonamides is 1. The predicted molar refractivity (Wildman–Crippen MR) is 126 cm³/mol. The molecule has 7 nitrogen and oxygen atoms in total. The van der Waals surface area contributed by atoms with Crippen molar-refractivity contribution < 1.29 is 18.0 Å². The maximum Gasteiger partial charge on any atom is 0.261 e. The van der Waals surface area contributed by atoms with Crippen LogP contribution < -0.4 is 15.4 Å². The zero-order valence-corrected chi connectivity index (χ0v) is 18.4. The van der Waals surface area contributed by atoms with Crippen molar-refractivity contribution in [2.45, 2.75) is 4.90 Å². The lowest BCUT2D eigenvalue weighted by molar-refractivity contribution is 0.0959. The van der Waals surface area contributed by atoms with Crippen molar-refractivity contribution in [2.75, 3.05) is 16.6 Å². The smallest absolute Gasteiger partial charge is 0.261 e. The normalized spacial score (nSPS) is 10.8. The van der Waals surface area contributed by atoms with Crippen LogP contribution in [0.5, 0.6) is 0 Å². The minimum absolute atomic E-state index is 0.0428. The molecule has 0 unspecified atom stereocenters. The second-order valence-electron chi connectivity index (χ2n) is 6.61. The minimum atomic E-state index is -3.84. The van der Waals surface area contributed by atoms with Crippen molar-refractivity contribution in [3.05, 3.63) is 102 Å². The summed E-state index contributed by atoms with van der Waals surface area (Å²) in [6.07, 6.45) is 1.54. The first-order valence-electron chi connectivity index (χ1n) is 9.48. The Morgan fingerprint density at radius 3 is 2.31 bits per heavy atom. The molecule has 0 saturated carbocycles. The first kappa shape index (κ1) is 23.1. The zero-order valence-electron chi connectivity index (χ0n) is 16.8. The summed E-state index contributed by atoms with van der Waals surface area (Å²) >= 11 is 6.19. The van der Waals surface area contributed by atoms with Crippen LogP contribution in [0, 0.1) is 0 Å². The molecule has 164 valence electrons. The van der Waals surface area contributed by atoms with Crippen molar-refractivity contribution in [1.82, 2.24) is 5.32 Å². The third-order valence-electron chi connectivity index (χ3n) is 4.34. The zero-order chi connectivity index (χ0) is 23.1. The molecule has 0 aliphatic heterocycles. The van der Waals surface area contributed by atoms with Crippen LogP contribution in [0.25, 0.3) is 0 Å². The molecule has 0 aliphatic rings. The van der Waals surface area contributed by atoms with Gasteiger partial charge in [-0.2, -0.15) is 0 Å². The highest BCUT2D eigenvalue weighted by Crippen LogP contribution is 2.25. The van der Waals surface area contributed by atoms with Crippen LogP contribution >= 0.6 is 11.6 Å². The van der Waals surface area contributed by atoms with Gasteiger partial charge in [0.1, 0.15) is 0 Å². The number of hydrogen-bond acceptors (Lipinski definition) is 4. The van der Waals surface area contributed by atoms with Gasteiger partial charge in [0.25, 0.3) is 21.8 Å². The predicted octanol–water partition coefficient (Wildman–Crippen LogP) is 4.31. The van der Waals surface area contributed by atoms with E-state index < -0.39 is 15.9 Å². The van der Waals surface area contributed by atoms with Crippen molar-refractivity contribution >= 4 is 44.8 Å². The number of amides is 2. The summed E-state index contributed by atoms with van der Waals surface area (Å²) in [5.41, 5.74) is 0.756. The summed E-state index contributed by atoms with van der Waals surface area (Å²) in [7, 11) is -3.84. The number of anilines is 2. The molecule has 9 heteroatoms. The topological polar surface area (TPSA) is 104 Å². The fourth-order valence-corrected chi connectivity index (χ4v) is 4.09. The van der Waals surface area contributed by atoms with E-state index in [0.29, 0.717) is 0 Å². The summed E-state index contributed by atoms with van der Waals surface area (Å²) in [5, 5.41) is 5.44. The fraction of sp³-hybridized carbons (Fsp3) is 0.0435. The van der Waals surface area contributed by atoms with Crippen LogP contribution in [0.1, 0.15) is 20.7 Å². The number of nitrogens with one attached hydrogen (secondary N) is 3. The molecule has 0 bridgehead atoms. The summed E-state index contributed by atoms with van der Waals surface area (Å²) in [6, 6.07) is 18.5. The lowest BCUT2D eigenvalue weighted by atomic mass is 10.1. The number of carbonyl (C=O) groups is 2. The highest BCUT2D eigenvalue weighted by atomic mass is 35.5. The Bertz CT molecular complexity index is 1260. The van der Waals surface area contributed by atoms with Crippen LogP contribution in [0.2, 0.25) is 5.02 Å². The van der Waals surface area contributed by atoms with E-state index in [4.69, 9.17) is 11.6 Å². The SMILES string of the molecule is C=CCNC(=O)c1ccccc1NC(=O)c1cc(NS(=O)(=O)c2ccccc2)ccc1Cl. The number of hydrogen-bond donors (Lipinski definition) is 3. The summed E-state index contributed by atoms with van der Waals surface area (Å²) < 4.78 is 27.6. The molecule has 3 rings (SSSR count). The standard InChI is InChI=1S/C23H20ClN3O4S/c1-2-14-25-22(28)18-10-6-7-11-21(18)26-23(29)19-15-16(12-13-20(19)24)27-32(30,31)17-8-4-3-5-9-17/h2-13,15,27H,1,14H2,(H,25,28)(H,26,29). The largest absolute Gasteiger partial charge is 0.349 e. The van der Waals surface area contributed by atoms with Gasteiger partial charge in [0.05, 0.1) is 26.7 Å². The van der Waals surface area contributed by atoms with E-state index in [1.807, 2.05) is 0 Å². The molecule has 0 aromatic heterocycles. The van der Waals surface area contributed by atoms with Crippen LogP contribution in [-0.2, 0) is 10.0 Å². The minimum Gasteiger partial charge on any atom is -0.349 e. The summed E-state index contributed by atoms with van der Waals surface area (Å²) in [6.45, 7) is 3.83. The van der Waals surface area contributed by atoms with Gasteiger partial charge >= 0.3 is 0 Å². The monoisotopic (exact) mass is 469 g/mol. The third-order valence-corrected chi connectivity index (χ3v) is 6.07. The highest BCUT2D eigenvalue weighted by molar-refractivity contribution is 7.92. The van der Waals surface area contributed by atoms with Gasteiger partial charge in [-0.05, 0) is 42.5 Å². The Balaban J connectivity index is 1.84. The van der Waals surface area contributed by atoms with E-state index in [1.54, 1.807) is 48.5 Å². The van der Waals surface area contributed by atoms with Crippen LogP contribution in [0.3, 0.4) is 0 Å². The number of para-hydroxylation sites is 1. The maximum atomic E-state index is 12.9. The second kappa shape index (κ2) is 10.1. The molecule has 0 radical (unpaired) electrons. The van der Waals surface area contributed by atoms with Gasteiger partial charge in [-0.1, -0.05) is 48.0 Å². The van der Waals surface area contributed by atoms with E-state index in [1.165, 1.54) is 30.3 Å². The fourth-order valence-electron chi connectivity index (χ4n) is 2.82. The average molecular weight is 470 g/mol. The van der Waals surface area contributed by atoms with Crippen LogP contribution in [0.15, 0.2) is 90.3 Å². The molecule has 0 fully saturated rings. The molecule has 3 N–H and O–H groups in total. The summed E-state index contributed by atoms with van der Waals surface area (Å²) in [5.74, 6) is -0.976. The van der Waals surface area contributed by atoms with E-state index in [9.17, 15) is 18.0 Å². The van der Waals surface area contributed by atoms with Gasteiger partial charge in [0, 0.05) is 12.2 Å². The molecule has 2 amide bonds. The molecule has 0 heterocycles. The van der Waals surface area contributed by atoms with Crippen molar-refractivity contribution in [1.29, 1.82) is 0 Å². The lowest BCUT2D eigenvalue weighted by Crippen LogP contribution is -2.25. The summed E-state index contributed by atoms with van der Waals surface area (Å²) in [4.78, 5) is 25.3. The lowest BCUT2D eigenvalue weighted by Gasteiger charge is -2.13. The Kier molecular flexibility index (Phi) is 7.29. The van der Waals surface area contributed by atoms with Crippen LogP contribution in [-0.4, -0.2) is 26.8 Å². The van der Waals surface area contributed by atoms with E-state index >= 15 is 0 Å². The Hall–Kier alpha value is -3.62. The van der Waals surface area contributed by atoms with Crippen molar-refractivity contribution in [2.24, 2.45) is 0 Å². The van der Waals surface area contributed by atoms with E-state index in [-0.39, 0.29) is 44.9 Å². The van der Waals surface area contributed by atoms with Gasteiger partial charge in [-0.3, -0.25) is 14.3 Å². The highest BCUT2D eigenvalue weighted by Gasteiger charge is 2.18. The molecule has 0 spiro atoms. The molecule has 0 atom stereocenters. The third kappa shape index (κ3) is 5.54. The second-order valence-corrected chi connectivity index (χ2v) is 8.70. The molecular formula is C23H20ClN3O4S. The first-order chi connectivity index (χ1) is 15.3. The first-order valence-corrected chi connectivity index (χ1v) is 11.3. The molecule has 0 saturated heterocycles.